The average molecular weight is 1920 g/mol. The summed E-state index contributed by atoms with van der Waals surface area (Å²) >= 11 is 0. The molecular formula is C90H97F2N23O16S4. The number of hydrogen-bond donors (Lipinski definition) is 8. The number of aryl methyl sites for hydroxylation is 4. The van der Waals surface area contributed by atoms with Gasteiger partial charge in [0.2, 0.25) is 11.8 Å². The molecule has 0 bridgehead atoms. The minimum absolute atomic E-state index is 0.168. The quantitative estimate of drug-likeness (QED) is 0.0250. The lowest BCUT2D eigenvalue weighted by atomic mass is 9.93. The molecule has 9 aliphatic rings. The lowest BCUT2D eigenvalue weighted by molar-refractivity contribution is -0.0528. The van der Waals surface area contributed by atoms with Crippen molar-refractivity contribution in [2.45, 2.75) is 199 Å². The first-order valence-electron chi connectivity index (χ1n) is 44.4. The Bertz CT molecular complexity index is 7130. The van der Waals surface area contributed by atoms with Crippen molar-refractivity contribution in [3.05, 3.63) is 214 Å². The van der Waals surface area contributed by atoms with Crippen molar-refractivity contribution in [3.8, 4) is 56.6 Å². The molecule has 0 spiro atoms. The van der Waals surface area contributed by atoms with E-state index in [0.717, 1.165) is 186 Å². The zero-order valence-corrected chi connectivity index (χ0v) is 76.8. The van der Waals surface area contributed by atoms with Crippen LogP contribution in [0.15, 0.2) is 190 Å². The molecule has 8 amide bonds. The summed E-state index contributed by atoms with van der Waals surface area (Å²) in [4.78, 5) is 77.8. The van der Waals surface area contributed by atoms with Gasteiger partial charge in [0.25, 0.3) is 45.7 Å². The zero-order valence-electron chi connectivity index (χ0n) is 73.6. The Morgan fingerprint density at radius 1 is 0.474 bits per heavy atom. The maximum Gasteiger partial charge on any atom is 0.388 e. The van der Waals surface area contributed by atoms with Crippen LogP contribution in [0.3, 0.4) is 0 Å². The molecule has 706 valence electrons. The van der Waals surface area contributed by atoms with E-state index in [9.17, 15) is 66.4 Å². The molecule has 3 aromatic carbocycles. The highest BCUT2D eigenvalue weighted by Gasteiger charge is 2.37. The predicted octanol–water partition coefficient (Wildman–Crippen LogP) is 12.0. The molecular weight excluding hydrogens is 1830 g/mol. The van der Waals surface area contributed by atoms with Crippen LogP contribution in [-0.4, -0.2) is 170 Å². The summed E-state index contributed by atoms with van der Waals surface area (Å²) in [6.45, 7) is 4.22. The summed E-state index contributed by atoms with van der Waals surface area (Å²) in [6, 6.07) is 27.3. The molecule has 0 radical (unpaired) electrons. The van der Waals surface area contributed by atoms with E-state index in [1.807, 2.05) is 53.6 Å². The van der Waals surface area contributed by atoms with Crippen LogP contribution in [0.4, 0.5) is 50.8 Å². The number of carbonyl (C=O) groups is 4. The van der Waals surface area contributed by atoms with Crippen molar-refractivity contribution in [3.63, 3.8) is 0 Å². The number of aromatic nitrogens is 14. The van der Waals surface area contributed by atoms with E-state index in [1.165, 1.54) is 53.6 Å². The Hall–Kier alpha value is -13.8. The Balaban J connectivity index is 0.000000121. The van der Waals surface area contributed by atoms with Crippen LogP contribution in [0.2, 0.25) is 0 Å². The highest BCUT2D eigenvalue weighted by atomic mass is 32.2. The number of sulfonamides is 4. The third-order valence-corrected chi connectivity index (χ3v) is 29.4. The topological polar surface area (TPSA) is 482 Å². The fourth-order valence-electron chi connectivity index (χ4n) is 16.9. The number of fused-ring (bicyclic) bond motifs is 4. The number of likely N-dealkylation sites (tertiary alicyclic amines) is 1. The lowest BCUT2D eigenvalue weighted by Gasteiger charge is -2.38. The molecule has 9 aromatic heterocycles. The molecule has 2 aliphatic heterocycles. The number of nitrogens with one attached hydrogen (secondary N) is 8. The van der Waals surface area contributed by atoms with Gasteiger partial charge in [-0.1, -0.05) is 24.3 Å². The number of anilines is 4. The molecule has 135 heavy (non-hydrogen) atoms. The second kappa shape index (κ2) is 37.9. The van der Waals surface area contributed by atoms with Crippen LogP contribution in [0.5, 0.6) is 17.5 Å². The van der Waals surface area contributed by atoms with Crippen LogP contribution >= 0.6 is 0 Å². The second-order valence-electron chi connectivity index (χ2n) is 34.8. The van der Waals surface area contributed by atoms with E-state index in [2.05, 4.69) is 86.9 Å². The number of ether oxygens (including phenoxy) is 3. The van der Waals surface area contributed by atoms with E-state index in [1.54, 1.807) is 116 Å². The van der Waals surface area contributed by atoms with Crippen molar-refractivity contribution in [2.24, 2.45) is 7.05 Å². The van der Waals surface area contributed by atoms with E-state index in [0.29, 0.717) is 75.4 Å². The first kappa shape index (κ1) is 91.7. The standard InChI is InChI=1S/C28H34N6O4S.C22H21F2N5O5S.C22H23N5O4S.C18H19N7O3S/c1-28(2,18-33-14-4-15-33)34-16-12-25(31-34)39(36,37)32-27(35)30-26-22-6-3-5-19(22)7-10-23(26)20-11-13-29-24(17-20)38-21-8-9-21;23-21(24)34-18-12-13(6-9-25-18)15-4-5-17-16(8-11-33-17)20(15)26-22(30)28-35(31,32)19-7-10-29(27-19)14-2-1-3-14;1-26-11-9-15(13-20(26)28)18-8-5-14-3-2-4-17(14)21(18)23-22(29)25-32(30,31)19-10-12-27(24-19)16-6-7-16;26-18(23-29(27,28)16-8-11-24(22-16)12-4-5-12)20-17-14-2-1-3-15(14)21-25(17)13-6-9-19-10-7-13/h7,10-13,16-17,21H,3-6,8-9,14-15,18H2,1-2H3,(H2,30,32,35);4-7,9-10,12,14,21H,1-3,8,11H2,(H2,26,28,30);5,8-13,16H,2-4,6-7H2,1H3,(H2,23,25,29);6-12H,1-5H2,(H2,20,23,26). The fraction of sp³-hybridized carbons (Fsp3) is 0.367. The second-order valence-corrected chi connectivity index (χ2v) is 41.3. The first-order chi connectivity index (χ1) is 64.8. The highest BCUT2D eigenvalue weighted by molar-refractivity contribution is 7.90. The van der Waals surface area contributed by atoms with Crippen molar-refractivity contribution in [2.75, 3.05) is 47.5 Å². The minimum Gasteiger partial charge on any atom is -0.493 e. The maximum absolute atomic E-state index is 13.1. The van der Waals surface area contributed by atoms with Gasteiger partial charge in [-0.3, -0.25) is 33.8 Å². The molecule has 0 unspecified atom stereocenters. The smallest absolute Gasteiger partial charge is 0.388 e. The molecule has 39 nitrogen and oxygen atoms in total. The van der Waals surface area contributed by atoms with E-state index < -0.39 is 70.8 Å². The van der Waals surface area contributed by atoms with Gasteiger partial charge in [-0.2, -0.15) is 67.9 Å². The number of benzene rings is 3. The van der Waals surface area contributed by atoms with Gasteiger partial charge in [0.1, 0.15) is 17.7 Å². The van der Waals surface area contributed by atoms with Gasteiger partial charge in [0.15, 0.2) is 20.1 Å². The SMILES string of the molecule is CC(C)(CN1CCC1)n1ccc(S(=O)(=O)NC(=O)Nc2c(-c3ccnc(OC4CC4)c3)ccc3c2CCC3)n1.Cn1ccc(-c2ccc3c(c2NC(=O)NS(=O)(=O)c2ccn(C4CC4)n2)CCC3)cc1=O.O=C(Nc1c(-c2ccnc(OC(F)F)c2)ccc2c1CCO2)NS(=O)(=O)c1ccn(C2CCC2)n1.O=C(Nc1c2c(nn1-c1ccncc1)CCC2)NS(=O)(=O)c1ccn(C2CC2)n1. The predicted molar refractivity (Wildman–Crippen MR) is 489 cm³/mol. The summed E-state index contributed by atoms with van der Waals surface area (Å²) in [5.41, 5.74) is 12.2. The summed E-state index contributed by atoms with van der Waals surface area (Å²) in [7, 11) is -14.9. The number of halogens is 2. The zero-order chi connectivity index (χ0) is 94.2. The van der Waals surface area contributed by atoms with Crippen molar-refractivity contribution in [1.29, 1.82) is 0 Å². The molecule has 7 aliphatic carbocycles. The van der Waals surface area contributed by atoms with Crippen molar-refractivity contribution < 1.29 is 75.8 Å². The fourth-order valence-corrected chi connectivity index (χ4v) is 20.3. The monoisotopic (exact) mass is 1920 g/mol. The molecule has 5 fully saturated rings. The lowest BCUT2D eigenvalue weighted by Crippen LogP contribution is -2.47. The average Bonchev–Trinajstić information content (AvgIpc) is 1.33. The van der Waals surface area contributed by atoms with Gasteiger partial charge >= 0.3 is 30.7 Å². The van der Waals surface area contributed by atoms with Crippen LogP contribution in [0.1, 0.15) is 155 Å². The number of carbonyl (C=O) groups excluding carboxylic acids is 4. The molecule has 0 atom stereocenters. The van der Waals surface area contributed by atoms with E-state index >= 15 is 0 Å². The normalized spacial score (nSPS) is 16.0. The molecule has 45 heteroatoms. The van der Waals surface area contributed by atoms with Gasteiger partial charge in [-0.05, 0) is 255 Å². The van der Waals surface area contributed by atoms with E-state index in [4.69, 9.17) is 9.47 Å². The third-order valence-electron chi connectivity index (χ3n) is 24.5. The van der Waals surface area contributed by atoms with Gasteiger partial charge in [0.05, 0.1) is 58.7 Å². The Labute approximate surface area is 774 Å². The van der Waals surface area contributed by atoms with Gasteiger partial charge in [-0.15, -0.1) is 0 Å². The number of alkyl halides is 2. The number of amides is 8. The Kier molecular flexibility index (Phi) is 25.8. The molecule has 8 N–H and O–H groups in total. The summed E-state index contributed by atoms with van der Waals surface area (Å²) in [5.74, 6) is 1.25. The minimum atomic E-state index is -4.23. The third kappa shape index (κ3) is 21.1. The maximum atomic E-state index is 13.1. The first-order valence-corrected chi connectivity index (χ1v) is 50.3. The summed E-state index contributed by atoms with van der Waals surface area (Å²) in [6.07, 6.45) is 33.0. The van der Waals surface area contributed by atoms with E-state index in [-0.39, 0.29) is 61.3 Å². The van der Waals surface area contributed by atoms with Gasteiger partial charge in [0, 0.05) is 122 Å². The van der Waals surface area contributed by atoms with Gasteiger partial charge < -0.3 is 39.6 Å². The largest absolute Gasteiger partial charge is 0.493 e. The van der Waals surface area contributed by atoms with Crippen LogP contribution in [0, 0.1) is 0 Å². The number of hydrogen-bond acceptors (Lipinski definition) is 25. The van der Waals surface area contributed by atoms with Crippen LogP contribution < -0.4 is 59.9 Å². The molecule has 11 heterocycles. The van der Waals surface area contributed by atoms with Gasteiger partial charge in [-0.25, -0.2) is 52.7 Å². The number of nitrogens with zero attached hydrogens (tertiary/aromatic N) is 15. The summed E-state index contributed by atoms with van der Waals surface area (Å²) < 4.78 is 161. The van der Waals surface area contributed by atoms with Crippen molar-refractivity contribution in [1.82, 2.24) is 92.2 Å². The summed E-state index contributed by atoms with van der Waals surface area (Å²) in [5, 5.41) is 31.2. The molecule has 4 saturated carbocycles. The Morgan fingerprint density at radius 3 is 1.44 bits per heavy atom. The molecule has 1 saturated heterocycles. The number of urea groups is 4. The van der Waals surface area contributed by atoms with Crippen LogP contribution in [-0.2, 0) is 97.6 Å². The van der Waals surface area contributed by atoms with Crippen LogP contribution in [0.25, 0.3) is 39.1 Å². The Morgan fingerprint density at radius 2 is 0.948 bits per heavy atom. The van der Waals surface area contributed by atoms with Crippen molar-refractivity contribution >= 4 is 87.1 Å². The number of rotatable bonds is 26. The highest BCUT2D eigenvalue weighted by Crippen LogP contribution is 2.44. The molecule has 12 aromatic rings. The molecule has 21 rings (SSSR count). The number of pyridine rings is 4.